The van der Waals surface area contributed by atoms with E-state index >= 15 is 0 Å². The fourth-order valence-electron chi connectivity index (χ4n) is 2.41. The summed E-state index contributed by atoms with van der Waals surface area (Å²) in [5, 5.41) is 8.90. The number of carbonyl (C=O) groups is 1. The lowest BCUT2D eigenvalue weighted by Gasteiger charge is -2.17. The molecule has 1 fully saturated rings. The Hall–Kier alpha value is -2.15. The Balaban J connectivity index is 1.68. The molecule has 1 saturated carbocycles. The summed E-state index contributed by atoms with van der Waals surface area (Å²) in [7, 11) is 1.57. The van der Waals surface area contributed by atoms with E-state index in [0.29, 0.717) is 23.2 Å². The summed E-state index contributed by atoms with van der Waals surface area (Å²) in [6.45, 7) is 3.80. The van der Waals surface area contributed by atoms with Crippen LogP contribution in [0.1, 0.15) is 35.3 Å². The van der Waals surface area contributed by atoms with Crippen molar-refractivity contribution in [3.8, 4) is 5.88 Å². The molecule has 122 valence electrons. The Kier molecular flexibility index (Phi) is 4.47. The van der Waals surface area contributed by atoms with Crippen molar-refractivity contribution in [3.05, 3.63) is 33.9 Å². The van der Waals surface area contributed by atoms with Crippen molar-refractivity contribution in [1.29, 1.82) is 0 Å². The fraction of sp³-hybridized carbons (Fsp3) is 0.438. The van der Waals surface area contributed by atoms with Gasteiger partial charge < -0.3 is 15.4 Å². The van der Waals surface area contributed by atoms with Crippen molar-refractivity contribution < 1.29 is 9.53 Å². The number of hydrogen-bond acceptors (Lipinski definition) is 5. The maximum absolute atomic E-state index is 12.3. The van der Waals surface area contributed by atoms with E-state index in [2.05, 4.69) is 20.6 Å². The maximum atomic E-state index is 12.3. The fourth-order valence-corrected chi connectivity index (χ4v) is 3.35. The zero-order valence-corrected chi connectivity index (χ0v) is 14.2. The van der Waals surface area contributed by atoms with Gasteiger partial charge in [0.2, 0.25) is 5.88 Å². The van der Waals surface area contributed by atoms with Crippen molar-refractivity contribution in [3.63, 3.8) is 0 Å². The molecule has 7 heteroatoms. The number of ether oxygens (including phenoxy) is 1. The highest BCUT2D eigenvalue weighted by Gasteiger charge is 2.35. The number of nitrogens with zero attached hydrogens (tertiary/aromatic N) is 2. The van der Waals surface area contributed by atoms with Gasteiger partial charge >= 0.3 is 6.03 Å². The number of carbonyl (C=O) groups excluding carboxylic acids is 1. The maximum Gasteiger partial charge on any atom is 0.319 e. The number of methoxy groups -OCH3 is 1. The summed E-state index contributed by atoms with van der Waals surface area (Å²) in [5.41, 5.74) is 2.38. The summed E-state index contributed by atoms with van der Waals surface area (Å²) < 4.78 is 5.07. The van der Waals surface area contributed by atoms with Crippen LogP contribution in [0.3, 0.4) is 0 Å². The number of anilines is 1. The number of aryl methyl sites for hydroxylation is 2. The molecule has 2 aromatic heterocycles. The third-order valence-electron chi connectivity index (χ3n) is 3.80. The van der Waals surface area contributed by atoms with Crippen LogP contribution in [0.15, 0.2) is 17.5 Å². The predicted molar refractivity (Wildman–Crippen MR) is 90.0 cm³/mol. The molecular formula is C16H20N4O2S. The first-order valence-corrected chi connectivity index (χ1v) is 8.46. The van der Waals surface area contributed by atoms with Crippen LogP contribution < -0.4 is 15.4 Å². The zero-order chi connectivity index (χ0) is 16.4. The lowest BCUT2D eigenvalue weighted by Crippen LogP contribution is -2.34. The highest BCUT2D eigenvalue weighted by atomic mass is 32.1. The van der Waals surface area contributed by atoms with Gasteiger partial charge in [-0.2, -0.15) is 0 Å². The smallest absolute Gasteiger partial charge is 0.319 e. The summed E-state index contributed by atoms with van der Waals surface area (Å²) in [5.74, 6) is 1.02. The van der Waals surface area contributed by atoms with Gasteiger partial charge in [-0.1, -0.05) is 0 Å². The van der Waals surface area contributed by atoms with Crippen LogP contribution in [-0.2, 0) is 0 Å². The van der Waals surface area contributed by atoms with Crippen molar-refractivity contribution >= 4 is 23.1 Å². The molecule has 23 heavy (non-hydrogen) atoms. The summed E-state index contributed by atoms with van der Waals surface area (Å²) in [6, 6.07) is 3.27. The Labute approximate surface area is 139 Å². The van der Waals surface area contributed by atoms with Gasteiger partial charge in [0, 0.05) is 17.1 Å². The second-order valence-corrected chi connectivity index (χ2v) is 6.62. The third-order valence-corrected chi connectivity index (χ3v) is 4.85. The number of urea groups is 1. The Morgan fingerprint density at radius 2 is 2.13 bits per heavy atom. The lowest BCUT2D eigenvalue weighted by molar-refractivity contribution is 0.247. The van der Waals surface area contributed by atoms with Gasteiger partial charge in [0.25, 0.3) is 0 Å². The molecule has 2 N–H and O–H groups in total. The third kappa shape index (κ3) is 3.79. The zero-order valence-electron chi connectivity index (χ0n) is 13.4. The van der Waals surface area contributed by atoms with Gasteiger partial charge in [-0.25, -0.2) is 14.8 Å². The Morgan fingerprint density at radius 3 is 2.70 bits per heavy atom. The molecule has 2 amide bonds. The topological polar surface area (TPSA) is 76.1 Å². The van der Waals surface area contributed by atoms with Gasteiger partial charge in [0.15, 0.2) is 0 Å². The van der Waals surface area contributed by atoms with Crippen LogP contribution in [0, 0.1) is 19.8 Å². The van der Waals surface area contributed by atoms with Gasteiger partial charge in [-0.3, -0.25) is 0 Å². The normalized spacial score (nSPS) is 15.1. The molecule has 1 aliphatic rings. The number of hydrogen-bond donors (Lipinski definition) is 2. The summed E-state index contributed by atoms with van der Waals surface area (Å²) in [6.07, 6.45) is 2.26. The van der Waals surface area contributed by atoms with Crippen LogP contribution in [-0.4, -0.2) is 23.1 Å². The van der Waals surface area contributed by atoms with E-state index in [9.17, 15) is 4.79 Å². The number of amides is 2. The SMILES string of the molecule is COc1ccc(NC(=O)N[C@H](c2nc(C)cs2)C2CC2)c(C)n1. The number of rotatable bonds is 5. The molecule has 0 aliphatic heterocycles. The quantitative estimate of drug-likeness (QED) is 0.879. The van der Waals surface area contributed by atoms with Crippen LogP contribution in [0.2, 0.25) is 0 Å². The van der Waals surface area contributed by atoms with E-state index in [1.165, 1.54) is 0 Å². The molecule has 6 nitrogen and oxygen atoms in total. The van der Waals surface area contributed by atoms with Crippen LogP contribution in [0.4, 0.5) is 10.5 Å². The molecule has 0 aromatic carbocycles. The second kappa shape index (κ2) is 6.54. The standard InChI is InChI=1S/C16H20N4O2S/c1-9-8-23-15(17-9)14(11-4-5-11)20-16(21)19-12-6-7-13(22-3)18-10(12)2/h6-8,11,14H,4-5H2,1-3H3,(H2,19,20,21)/t14-/m0/s1. The summed E-state index contributed by atoms with van der Waals surface area (Å²) >= 11 is 1.60. The molecule has 1 aliphatic carbocycles. The number of thiazole rings is 1. The molecule has 0 spiro atoms. The second-order valence-electron chi connectivity index (χ2n) is 5.73. The summed E-state index contributed by atoms with van der Waals surface area (Å²) in [4.78, 5) is 21.1. The van der Waals surface area contributed by atoms with Crippen molar-refractivity contribution in [2.75, 3.05) is 12.4 Å². The molecule has 0 radical (unpaired) electrons. The highest BCUT2D eigenvalue weighted by molar-refractivity contribution is 7.09. The van der Waals surface area contributed by atoms with Crippen LogP contribution >= 0.6 is 11.3 Å². The van der Waals surface area contributed by atoms with Crippen molar-refractivity contribution in [2.24, 2.45) is 5.92 Å². The molecule has 1 atom stereocenters. The lowest BCUT2D eigenvalue weighted by atomic mass is 10.2. The molecule has 0 bridgehead atoms. The first-order chi connectivity index (χ1) is 11.1. The largest absolute Gasteiger partial charge is 0.481 e. The molecule has 2 heterocycles. The minimum atomic E-state index is -0.232. The molecule has 3 rings (SSSR count). The first-order valence-electron chi connectivity index (χ1n) is 7.58. The van der Waals surface area contributed by atoms with E-state index in [1.807, 2.05) is 19.2 Å². The average molecular weight is 332 g/mol. The highest BCUT2D eigenvalue weighted by Crippen LogP contribution is 2.41. The minimum Gasteiger partial charge on any atom is -0.481 e. The average Bonchev–Trinajstić information content (AvgIpc) is 3.28. The monoisotopic (exact) mass is 332 g/mol. The van der Waals surface area contributed by atoms with E-state index in [1.54, 1.807) is 30.6 Å². The minimum absolute atomic E-state index is 0.0137. The van der Waals surface area contributed by atoms with Gasteiger partial charge in [-0.15, -0.1) is 11.3 Å². The Bertz CT molecular complexity index is 712. The van der Waals surface area contributed by atoms with E-state index in [-0.39, 0.29) is 12.1 Å². The molecular weight excluding hydrogens is 312 g/mol. The van der Waals surface area contributed by atoms with Gasteiger partial charge in [-0.05, 0) is 38.7 Å². The first kappa shape index (κ1) is 15.7. The van der Waals surface area contributed by atoms with Gasteiger partial charge in [0.05, 0.1) is 24.5 Å². The van der Waals surface area contributed by atoms with E-state index in [4.69, 9.17) is 4.74 Å². The van der Waals surface area contributed by atoms with E-state index in [0.717, 1.165) is 23.5 Å². The van der Waals surface area contributed by atoms with Crippen LogP contribution in [0.25, 0.3) is 0 Å². The van der Waals surface area contributed by atoms with Crippen LogP contribution in [0.5, 0.6) is 5.88 Å². The molecule has 2 aromatic rings. The van der Waals surface area contributed by atoms with E-state index < -0.39 is 0 Å². The van der Waals surface area contributed by atoms with Crippen molar-refractivity contribution in [1.82, 2.24) is 15.3 Å². The van der Waals surface area contributed by atoms with Gasteiger partial charge in [0.1, 0.15) is 5.01 Å². The molecule has 0 unspecified atom stereocenters. The van der Waals surface area contributed by atoms with Crippen molar-refractivity contribution in [2.45, 2.75) is 32.7 Å². The predicted octanol–water partition coefficient (Wildman–Crippen LogP) is 3.44. The number of pyridine rings is 1. The Morgan fingerprint density at radius 1 is 1.35 bits per heavy atom. The number of aromatic nitrogens is 2. The number of nitrogens with one attached hydrogen (secondary N) is 2. The molecule has 0 saturated heterocycles.